The highest BCUT2D eigenvalue weighted by molar-refractivity contribution is 5.18. The third-order valence-electron chi connectivity index (χ3n) is 2.52. The van der Waals surface area contributed by atoms with Crippen molar-refractivity contribution in [3.05, 3.63) is 37.0 Å². The molecule has 0 atom stereocenters. The number of hydrogen-bond donors (Lipinski definition) is 0. The van der Waals surface area contributed by atoms with Crippen LogP contribution in [0.3, 0.4) is 0 Å². The molecule has 0 bridgehead atoms. The zero-order chi connectivity index (χ0) is 10.2. The van der Waals surface area contributed by atoms with Crippen LogP contribution >= 0.6 is 0 Å². The van der Waals surface area contributed by atoms with Crippen LogP contribution in [0.1, 0.15) is 32.1 Å². The second-order valence-corrected chi connectivity index (χ2v) is 3.82. The van der Waals surface area contributed by atoms with Crippen molar-refractivity contribution in [1.29, 1.82) is 0 Å². The van der Waals surface area contributed by atoms with Crippen LogP contribution in [0.15, 0.2) is 37.0 Å². The van der Waals surface area contributed by atoms with Gasteiger partial charge in [0.2, 0.25) is 0 Å². The minimum atomic E-state index is 0.470. The van der Waals surface area contributed by atoms with E-state index in [4.69, 9.17) is 4.74 Å². The van der Waals surface area contributed by atoms with E-state index >= 15 is 0 Å². The largest absolute Gasteiger partial charge is 0.374 e. The van der Waals surface area contributed by atoms with Crippen molar-refractivity contribution in [3.8, 4) is 0 Å². The lowest BCUT2D eigenvalue weighted by atomic mass is 9.98. The fourth-order valence-electron chi connectivity index (χ4n) is 1.71. The molecule has 14 heavy (non-hydrogen) atoms. The molecule has 0 N–H and O–H groups in total. The Labute approximate surface area is 87.2 Å². The second-order valence-electron chi connectivity index (χ2n) is 3.82. The van der Waals surface area contributed by atoms with Gasteiger partial charge in [-0.25, -0.2) is 0 Å². The highest BCUT2D eigenvalue weighted by atomic mass is 16.5. The Hall–Kier alpha value is -0.820. The fourth-order valence-corrected chi connectivity index (χ4v) is 1.71. The molecule has 0 aromatic carbocycles. The summed E-state index contributed by atoms with van der Waals surface area (Å²) < 4.78 is 5.76. The van der Waals surface area contributed by atoms with Crippen molar-refractivity contribution in [3.63, 3.8) is 0 Å². The zero-order valence-electron chi connectivity index (χ0n) is 8.87. The Kier molecular flexibility index (Phi) is 5.31. The second kappa shape index (κ2) is 6.61. The highest BCUT2D eigenvalue weighted by Gasteiger charge is 2.13. The van der Waals surface area contributed by atoms with E-state index in [1.165, 1.54) is 32.1 Å². The maximum Gasteiger partial charge on any atom is 0.0714 e. The van der Waals surface area contributed by atoms with Crippen LogP contribution in [0.25, 0.3) is 0 Å². The van der Waals surface area contributed by atoms with Gasteiger partial charge in [-0.15, -0.1) is 0 Å². The first-order chi connectivity index (χ1) is 6.83. The van der Waals surface area contributed by atoms with Gasteiger partial charge in [-0.2, -0.15) is 0 Å². The molecule has 1 saturated carbocycles. The minimum Gasteiger partial charge on any atom is -0.374 e. The van der Waals surface area contributed by atoms with Gasteiger partial charge in [0.15, 0.2) is 0 Å². The lowest BCUT2D eigenvalue weighted by Gasteiger charge is -2.21. The Morgan fingerprint density at radius 3 is 2.64 bits per heavy atom. The van der Waals surface area contributed by atoms with E-state index in [1.54, 1.807) is 6.08 Å². The molecule has 0 saturated heterocycles. The van der Waals surface area contributed by atoms with Crippen LogP contribution in [0, 0.1) is 0 Å². The van der Waals surface area contributed by atoms with Crippen LogP contribution in [-0.4, -0.2) is 12.7 Å². The summed E-state index contributed by atoms with van der Waals surface area (Å²) in [6.07, 6.45) is 12.5. The van der Waals surface area contributed by atoms with Gasteiger partial charge in [-0.3, -0.25) is 0 Å². The van der Waals surface area contributed by atoms with E-state index in [2.05, 4.69) is 13.2 Å². The van der Waals surface area contributed by atoms with Gasteiger partial charge in [0.25, 0.3) is 0 Å². The summed E-state index contributed by atoms with van der Waals surface area (Å²) in [5, 5.41) is 0. The Balaban J connectivity index is 2.15. The van der Waals surface area contributed by atoms with Crippen LogP contribution in [-0.2, 0) is 4.74 Å². The van der Waals surface area contributed by atoms with Crippen molar-refractivity contribution >= 4 is 0 Å². The highest BCUT2D eigenvalue weighted by Crippen LogP contribution is 2.20. The molecule has 0 aromatic rings. The number of hydrogen-bond acceptors (Lipinski definition) is 1. The van der Waals surface area contributed by atoms with E-state index in [1.807, 2.05) is 12.2 Å². The van der Waals surface area contributed by atoms with E-state index in [9.17, 15) is 0 Å². The first kappa shape index (κ1) is 11.3. The van der Waals surface area contributed by atoms with Gasteiger partial charge < -0.3 is 4.74 Å². The predicted octanol–water partition coefficient (Wildman–Crippen LogP) is 3.63. The Morgan fingerprint density at radius 1 is 1.29 bits per heavy atom. The van der Waals surface area contributed by atoms with Gasteiger partial charge >= 0.3 is 0 Å². The van der Waals surface area contributed by atoms with Crippen molar-refractivity contribution in [2.45, 2.75) is 38.2 Å². The van der Waals surface area contributed by atoms with E-state index in [0.717, 1.165) is 5.57 Å². The molecule has 0 heterocycles. The van der Waals surface area contributed by atoms with Crippen LogP contribution in [0.5, 0.6) is 0 Å². The monoisotopic (exact) mass is 192 g/mol. The Bertz CT molecular complexity index is 209. The average Bonchev–Trinajstić information content (AvgIpc) is 2.25. The smallest absolute Gasteiger partial charge is 0.0714 e. The van der Waals surface area contributed by atoms with Crippen molar-refractivity contribution in [1.82, 2.24) is 0 Å². The molecule has 1 aliphatic rings. The number of allylic oxidation sites excluding steroid dienone is 2. The molecule has 0 spiro atoms. The summed E-state index contributed by atoms with van der Waals surface area (Å²) in [6.45, 7) is 8.19. The van der Waals surface area contributed by atoms with Gasteiger partial charge in [0.1, 0.15) is 0 Å². The molecule has 1 fully saturated rings. The molecule has 1 aliphatic carbocycles. The average molecular weight is 192 g/mol. The molecule has 1 heteroatoms. The summed E-state index contributed by atoms with van der Waals surface area (Å²) in [4.78, 5) is 0. The van der Waals surface area contributed by atoms with E-state index in [-0.39, 0.29) is 0 Å². The molecule has 0 aliphatic heterocycles. The molecule has 0 unspecified atom stereocenters. The summed E-state index contributed by atoms with van der Waals surface area (Å²) in [5.41, 5.74) is 1.02. The molecule has 1 nitrogen and oxygen atoms in total. The van der Waals surface area contributed by atoms with E-state index in [0.29, 0.717) is 12.7 Å². The third kappa shape index (κ3) is 4.43. The predicted molar refractivity (Wildman–Crippen MR) is 61.3 cm³/mol. The summed E-state index contributed by atoms with van der Waals surface area (Å²) in [7, 11) is 0. The fraction of sp³-hybridized carbons (Fsp3) is 0.538. The summed E-state index contributed by atoms with van der Waals surface area (Å²) in [6, 6.07) is 0. The van der Waals surface area contributed by atoms with Gasteiger partial charge in [-0.05, 0) is 18.4 Å². The lowest BCUT2D eigenvalue weighted by molar-refractivity contribution is 0.0439. The van der Waals surface area contributed by atoms with Gasteiger partial charge in [-0.1, -0.05) is 50.6 Å². The molecular formula is C13H20O. The molecular weight excluding hydrogens is 172 g/mol. The normalized spacial score (nSPS) is 18.6. The maximum absolute atomic E-state index is 5.76. The quantitative estimate of drug-likeness (QED) is 0.604. The molecule has 0 amide bonds. The van der Waals surface area contributed by atoms with Gasteiger partial charge in [0, 0.05) is 0 Å². The van der Waals surface area contributed by atoms with Crippen LogP contribution < -0.4 is 0 Å². The number of rotatable bonds is 5. The topological polar surface area (TPSA) is 9.23 Å². The van der Waals surface area contributed by atoms with Crippen molar-refractivity contribution in [2.75, 3.05) is 6.61 Å². The van der Waals surface area contributed by atoms with Gasteiger partial charge in [0.05, 0.1) is 12.7 Å². The summed E-state index contributed by atoms with van der Waals surface area (Å²) >= 11 is 0. The standard InChI is InChI=1S/C13H20O/c1-3-4-8-12(2)11-14-13-9-6-5-7-10-13/h3-4,8,13H,1-2,5-7,9-11H2/b8-4-. The molecule has 0 radical (unpaired) electrons. The zero-order valence-corrected chi connectivity index (χ0v) is 8.87. The van der Waals surface area contributed by atoms with Crippen LogP contribution in [0.4, 0.5) is 0 Å². The molecule has 1 rings (SSSR count). The Morgan fingerprint density at radius 2 is 2.00 bits per heavy atom. The maximum atomic E-state index is 5.76. The molecule has 78 valence electrons. The lowest BCUT2D eigenvalue weighted by Crippen LogP contribution is -2.17. The van der Waals surface area contributed by atoms with Crippen LogP contribution in [0.2, 0.25) is 0 Å². The first-order valence-electron chi connectivity index (χ1n) is 5.41. The minimum absolute atomic E-state index is 0.470. The van der Waals surface area contributed by atoms with E-state index < -0.39 is 0 Å². The first-order valence-corrected chi connectivity index (χ1v) is 5.41. The number of ether oxygens (including phenoxy) is 1. The van der Waals surface area contributed by atoms with Crippen molar-refractivity contribution in [2.24, 2.45) is 0 Å². The SMILES string of the molecule is C=C/C=C\C(=C)COC1CCCCC1. The van der Waals surface area contributed by atoms with Crippen molar-refractivity contribution < 1.29 is 4.74 Å². The summed E-state index contributed by atoms with van der Waals surface area (Å²) in [5.74, 6) is 0. The molecule has 0 aromatic heterocycles. The third-order valence-corrected chi connectivity index (χ3v) is 2.52.